The molecule has 2 aromatic heterocycles. The number of rotatable bonds is 3. The number of methoxy groups -OCH3 is 1. The van der Waals surface area contributed by atoms with Crippen LogP contribution in [0.2, 0.25) is 0 Å². The van der Waals surface area contributed by atoms with Crippen LogP contribution in [0, 0.1) is 6.92 Å². The van der Waals surface area contributed by atoms with Gasteiger partial charge in [0.25, 0.3) is 0 Å². The normalized spacial score (nSPS) is 10.0. The molecule has 0 bridgehead atoms. The lowest BCUT2D eigenvalue weighted by atomic mass is 10.1. The van der Waals surface area contributed by atoms with Gasteiger partial charge < -0.3 is 10.1 Å². The molecule has 2 heterocycles. The monoisotopic (exact) mass is 329 g/mol. The zero-order chi connectivity index (χ0) is 15.5. The summed E-state index contributed by atoms with van der Waals surface area (Å²) < 4.78 is 4.85. The Labute approximate surface area is 140 Å². The molecule has 6 heteroatoms. The van der Waals surface area contributed by atoms with Crippen LogP contribution in [0.1, 0.15) is 16.1 Å². The SMILES string of the molecule is COC(=O)c1cnc2nc(C)ccc2c1Nc1ccccc1.Cl. The van der Waals surface area contributed by atoms with Gasteiger partial charge in [0.15, 0.2) is 5.65 Å². The summed E-state index contributed by atoms with van der Waals surface area (Å²) >= 11 is 0. The molecule has 0 aliphatic carbocycles. The number of para-hydroxylation sites is 1. The highest BCUT2D eigenvalue weighted by Crippen LogP contribution is 2.29. The van der Waals surface area contributed by atoms with Crippen LogP contribution in [0.3, 0.4) is 0 Å². The van der Waals surface area contributed by atoms with Gasteiger partial charge in [0.1, 0.15) is 5.56 Å². The van der Waals surface area contributed by atoms with E-state index in [9.17, 15) is 4.79 Å². The van der Waals surface area contributed by atoms with Crippen LogP contribution in [-0.2, 0) is 4.74 Å². The van der Waals surface area contributed by atoms with E-state index < -0.39 is 5.97 Å². The maximum atomic E-state index is 12.0. The minimum absolute atomic E-state index is 0. The highest BCUT2D eigenvalue weighted by atomic mass is 35.5. The molecule has 0 aliphatic heterocycles. The summed E-state index contributed by atoms with van der Waals surface area (Å²) in [5, 5.41) is 4.04. The minimum Gasteiger partial charge on any atom is -0.465 e. The van der Waals surface area contributed by atoms with E-state index in [1.807, 2.05) is 49.4 Å². The predicted octanol–water partition coefficient (Wildman–Crippen LogP) is 3.89. The molecule has 3 aromatic rings. The number of fused-ring (bicyclic) bond motifs is 1. The van der Waals surface area contributed by atoms with E-state index >= 15 is 0 Å². The standard InChI is InChI=1S/C17H15N3O2.ClH/c1-11-8-9-13-15(20-12-6-4-3-5-7-12)14(17(21)22-2)10-18-16(13)19-11;/h3-10H,1-2H3,(H,18,19,20);1H. The van der Waals surface area contributed by atoms with E-state index in [0.717, 1.165) is 16.8 Å². The van der Waals surface area contributed by atoms with Gasteiger partial charge in [0.2, 0.25) is 0 Å². The molecule has 0 spiro atoms. The molecule has 0 aliphatic rings. The molecule has 23 heavy (non-hydrogen) atoms. The predicted molar refractivity (Wildman–Crippen MR) is 92.6 cm³/mol. The fraction of sp³-hybridized carbons (Fsp3) is 0.118. The second kappa shape index (κ2) is 7.07. The van der Waals surface area contributed by atoms with E-state index in [4.69, 9.17) is 4.74 Å². The quantitative estimate of drug-likeness (QED) is 0.738. The van der Waals surface area contributed by atoms with Gasteiger partial charge in [-0.1, -0.05) is 18.2 Å². The summed E-state index contributed by atoms with van der Waals surface area (Å²) in [7, 11) is 1.35. The van der Waals surface area contributed by atoms with Gasteiger partial charge in [-0.15, -0.1) is 12.4 Å². The number of hydrogen-bond donors (Lipinski definition) is 1. The molecule has 5 nitrogen and oxygen atoms in total. The third-order valence-electron chi connectivity index (χ3n) is 3.32. The number of nitrogens with zero attached hydrogens (tertiary/aromatic N) is 2. The number of carbonyl (C=O) groups is 1. The van der Waals surface area contributed by atoms with Crippen molar-refractivity contribution in [2.24, 2.45) is 0 Å². The molecular formula is C17H16ClN3O2. The second-order valence-corrected chi connectivity index (χ2v) is 4.85. The third kappa shape index (κ3) is 3.40. The average molecular weight is 330 g/mol. The number of benzene rings is 1. The fourth-order valence-corrected chi connectivity index (χ4v) is 2.24. The van der Waals surface area contributed by atoms with Crippen molar-refractivity contribution in [3.8, 4) is 0 Å². The van der Waals surface area contributed by atoms with Crippen LogP contribution in [0.25, 0.3) is 11.0 Å². The van der Waals surface area contributed by atoms with Crippen LogP contribution >= 0.6 is 12.4 Å². The number of hydrogen-bond acceptors (Lipinski definition) is 5. The van der Waals surface area contributed by atoms with Gasteiger partial charge in [-0.2, -0.15) is 0 Å². The lowest BCUT2D eigenvalue weighted by molar-refractivity contribution is 0.0601. The summed E-state index contributed by atoms with van der Waals surface area (Å²) in [6.45, 7) is 1.90. The zero-order valence-corrected chi connectivity index (χ0v) is 13.6. The lowest BCUT2D eigenvalue weighted by Crippen LogP contribution is -2.07. The third-order valence-corrected chi connectivity index (χ3v) is 3.32. The number of aromatic nitrogens is 2. The largest absolute Gasteiger partial charge is 0.465 e. The van der Waals surface area contributed by atoms with Crippen molar-refractivity contribution < 1.29 is 9.53 Å². The molecule has 0 atom stereocenters. The average Bonchev–Trinajstić information content (AvgIpc) is 2.55. The summed E-state index contributed by atoms with van der Waals surface area (Å²) in [4.78, 5) is 20.7. The summed E-state index contributed by atoms with van der Waals surface area (Å²) in [6.07, 6.45) is 1.49. The zero-order valence-electron chi connectivity index (χ0n) is 12.7. The number of anilines is 2. The fourth-order valence-electron chi connectivity index (χ4n) is 2.24. The maximum absolute atomic E-state index is 12.0. The Hall–Kier alpha value is -2.66. The van der Waals surface area contributed by atoms with Gasteiger partial charge in [-0.3, -0.25) is 0 Å². The smallest absolute Gasteiger partial charge is 0.341 e. The van der Waals surface area contributed by atoms with E-state index in [0.29, 0.717) is 16.9 Å². The Bertz CT molecular complexity index is 838. The van der Waals surface area contributed by atoms with E-state index in [2.05, 4.69) is 15.3 Å². The van der Waals surface area contributed by atoms with E-state index in [1.54, 1.807) is 0 Å². The highest BCUT2D eigenvalue weighted by Gasteiger charge is 2.16. The first-order valence-electron chi connectivity index (χ1n) is 6.86. The van der Waals surface area contributed by atoms with Gasteiger partial charge in [0, 0.05) is 23.0 Å². The van der Waals surface area contributed by atoms with Crippen molar-refractivity contribution in [1.82, 2.24) is 9.97 Å². The maximum Gasteiger partial charge on any atom is 0.341 e. The van der Waals surface area contributed by atoms with Crippen LogP contribution in [0.4, 0.5) is 11.4 Å². The number of esters is 1. The number of halogens is 1. The Morgan fingerprint density at radius 2 is 1.87 bits per heavy atom. The molecule has 118 valence electrons. The van der Waals surface area contributed by atoms with Crippen molar-refractivity contribution >= 4 is 40.8 Å². The molecule has 0 radical (unpaired) electrons. The minimum atomic E-state index is -0.437. The molecular weight excluding hydrogens is 314 g/mol. The molecule has 0 saturated carbocycles. The Morgan fingerprint density at radius 1 is 1.13 bits per heavy atom. The second-order valence-electron chi connectivity index (χ2n) is 4.85. The molecule has 1 aromatic carbocycles. The summed E-state index contributed by atoms with van der Waals surface area (Å²) in [5.41, 5.74) is 3.36. The summed E-state index contributed by atoms with van der Waals surface area (Å²) in [5.74, 6) is -0.437. The molecule has 0 amide bonds. The molecule has 0 fully saturated rings. The van der Waals surface area contributed by atoms with Gasteiger partial charge in [-0.25, -0.2) is 14.8 Å². The van der Waals surface area contributed by atoms with Crippen LogP contribution in [0.5, 0.6) is 0 Å². The van der Waals surface area contributed by atoms with Crippen LogP contribution in [0.15, 0.2) is 48.7 Å². The van der Waals surface area contributed by atoms with Crippen molar-refractivity contribution in [2.75, 3.05) is 12.4 Å². The Kier molecular flexibility index (Phi) is 5.13. The topological polar surface area (TPSA) is 64.1 Å². The first kappa shape index (κ1) is 16.7. The van der Waals surface area contributed by atoms with Gasteiger partial charge >= 0.3 is 5.97 Å². The van der Waals surface area contributed by atoms with Crippen LogP contribution < -0.4 is 5.32 Å². The lowest BCUT2D eigenvalue weighted by Gasteiger charge is -2.13. The van der Waals surface area contributed by atoms with Crippen molar-refractivity contribution in [3.63, 3.8) is 0 Å². The molecule has 1 N–H and O–H groups in total. The van der Waals surface area contributed by atoms with E-state index in [-0.39, 0.29) is 12.4 Å². The number of ether oxygens (including phenoxy) is 1. The van der Waals surface area contributed by atoms with Crippen LogP contribution in [-0.4, -0.2) is 23.0 Å². The number of carbonyl (C=O) groups excluding carboxylic acids is 1. The molecule has 0 saturated heterocycles. The van der Waals surface area contributed by atoms with Crippen molar-refractivity contribution in [3.05, 3.63) is 59.9 Å². The molecule has 3 rings (SSSR count). The van der Waals surface area contributed by atoms with Gasteiger partial charge in [0.05, 0.1) is 12.8 Å². The first-order chi connectivity index (χ1) is 10.7. The van der Waals surface area contributed by atoms with Crippen molar-refractivity contribution in [1.29, 1.82) is 0 Å². The van der Waals surface area contributed by atoms with Crippen molar-refractivity contribution in [2.45, 2.75) is 6.92 Å². The summed E-state index contributed by atoms with van der Waals surface area (Å²) in [6, 6.07) is 13.4. The number of aryl methyl sites for hydroxylation is 1. The Balaban J connectivity index is 0.00000192. The Morgan fingerprint density at radius 3 is 2.57 bits per heavy atom. The highest BCUT2D eigenvalue weighted by molar-refractivity contribution is 6.05. The van der Waals surface area contributed by atoms with Gasteiger partial charge in [-0.05, 0) is 31.2 Å². The van der Waals surface area contributed by atoms with E-state index in [1.165, 1.54) is 13.3 Å². The number of nitrogens with one attached hydrogen (secondary N) is 1. The first-order valence-corrected chi connectivity index (χ1v) is 6.86. The number of pyridine rings is 2. The molecule has 0 unspecified atom stereocenters.